The lowest BCUT2D eigenvalue weighted by molar-refractivity contribution is 0.0802. The van der Waals surface area contributed by atoms with E-state index < -0.39 is 0 Å². The first kappa shape index (κ1) is 16.9. The highest BCUT2D eigenvalue weighted by atomic mass is 14.8. The molecule has 0 rings (SSSR count). The lowest BCUT2D eigenvalue weighted by atomic mass is 9.61. The van der Waals surface area contributed by atoms with Gasteiger partial charge in [0, 0.05) is 5.54 Å². The summed E-state index contributed by atoms with van der Waals surface area (Å²) in [7, 11) is 0. The van der Waals surface area contributed by atoms with E-state index in [9.17, 15) is 0 Å². The lowest BCUT2D eigenvalue weighted by Crippen LogP contribution is -2.54. The van der Waals surface area contributed by atoms with Crippen LogP contribution in [0.3, 0.4) is 0 Å². The van der Waals surface area contributed by atoms with Crippen molar-refractivity contribution in [3.8, 4) is 0 Å². The molecule has 0 aliphatic rings. The van der Waals surface area contributed by atoms with Crippen LogP contribution in [0.5, 0.6) is 0 Å². The van der Waals surface area contributed by atoms with Gasteiger partial charge in [-0.15, -0.1) is 0 Å². The quantitative estimate of drug-likeness (QED) is 0.572. The highest BCUT2D eigenvalue weighted by Gasteiger charge is 2.42. The summed E-state index contributed by atoms with van der Waals surface area (Å²) in [5, 5.41) is 0. The van der Waals surface area contributed by atoms with Gasteiger partial charge in [0.15, 0.2) is 0 Å². The summed E-state index contributed by atoms with van der Waals surface area (Å²) >= 11 is 0. The molecule has 0 fully saturated rings. The van der Waals surface area contributed by atoms with Crippen molar-refractivity contribution in [1.29, 1.82) is 0 Å². The molecule has 0 aliphatic heterocycles. The molecule has 2 nitrogen and oxygen atoms in total. The molecule has 2 heteroatoms. The zero-order valence-corrected chi connectivity index (χ0v) is 12.5. The zero-order chi connectivity index (χ0) is 13.4. The minimum absolute atomic E-state index is 0.0131. The van der Waals surface area contributed by atoms with Crippen molar-refractivity contribution in [2.24, 2.45) is 16.9 Å². The summed E-state index contributed by atoms with van der Waals surface area (Å²) in [5.74, 6) is 0. The van der Waals surface area contributed by atoms with Gasteiger partial charge in [-0.3, -0.25) is 0 Å². The lowest BCUT2D eigenvalue weighted by Gasteiger charge is -2.48. The van der Waals surface area contributed by atoms with E-state index in [0.717, 1.165) is 25.8 Å². The van der Waals surface area contributed by atoms with Crippen LogP contribution in [0.15, 0.2) is 0 Å². The molecule has 0 unspecified atom stereocenters. The van der Waals surface area contributed by atoms with E-state index >= 15 is 0 Å². The second-order valence-electron chi connectivity index (χ2n) is 5.45. The Labute approximate surface area is 109 Å². The van der Waals surface area contributed by atoms with Crippen molar-refractivity contribution < 1.29 is 0 Å². The van der Waals surface area contributed by atoms with E-state index in [1.807, 2.05) is 0 Å². The molecule has 0 aliphatic carbocycles. The number of hydrogen-bond donors (Lipinski definition) is 2. The maximum atomic E-state index is 6.69. The van der Waals surface area contributed by atoms with Gasteiger partial charge in [0.2, 0.25) is 0 Å². The second-order valence-corrected chi connectivity index (χ2v) is 5.45. The average molecular weight is 242 g/mol. The largest absolute Gasteiger partial charge is 0.330 e. The van der Waals surface area contributed by atoms with E-state index in [1.54, 1.807) is 0 Å². The fourth-order valence-electron chi connectivity index (χ4n) is 3.34. The molecule has 0 aromatic heterocycles. The van der Waals surface area contributed by atoms with Crippen molar-refractivity contribution in [2.45, 2.75) is 84.6 Å². The molecule has 0 radical (unpaired) electrons. The molecule has 0 amide bonds. The number of rotatable bonds is 10. The monoisotopic (exact) mass is 242 g/mol. The maximum absolute atomic E-state index is 6.69. The van der Waals surface area contributed by atoms with Crippen molar-refractivity contribution in [3.63, 3.8) is 0 Å². The predicted octanol–water partition coefficient (Wildman–Crippen LogP) is 3.83. The highest BCUT2D eigenvalue weighted by molar-refractivity contribution is 4.99. The molecule has 0 aromatic rings. The van der Waals surface area contributed by atoms with Crippen molar-refractivity contribution in [2.75, 3.05) is 6.54 Å². The van der Waals surface area contributed by atoms with E-state index in [-0.39, 0.29) is 5.54 Å². The summed E-state index contributed by atoms with van der Waals surface area (Å²) in [4.78, 5) is 0. The van der Waals surface area contributed by atoms with Crippen molar-refractivity contribution in [3.05, 3.63) is 0 Å². The Bertz CT molecular complexity index is 181. The third-order valence-corrected chi connectivity index (χ3v) is 5.03. The molecule has 0 saturated carbocycles. The van der Waals surface area contributed by atoms with E-state index in [2.05, 4.69) is 27.7 Å². The minimum Gasteiger partial charge on any atom is -0.330 e. The number of unbranched alkanes of at least 4 members (excludes halogenated alkanes) is 2. The van der Waals surface area contributed by atoms with Gasteiger partial charge in [-0.1, -0.05) is 40.5 Å². The molecule has 104 valence electrons. The third-order valence-electron chi connectivity index (χ3n) is 5.03. The molecule has 0 aromatic carbocycles. The summed E-state index contributed by atoms with van der Waals surface area (Å²) in [6.07, 6.45) is 9.51. The first-order valence-electron chi connectivity index (χ1n) is 7.54. The molecule has 0 atom stereocenters. The van der Waals surface area contributed by atoms with Gasteiger partial charge in [-0.25, -0.2) is 0 Å². The normalized spacial score (nSPS) is 13.1. The molecule has 0 spiro atoms. The van der Waals surface area contributed by atoms with Gasteiger partial charge >= 0.3 is 0 Å². The fourth-order valence-corrected chi connectivity index (χ4v) is 3.34. The van der Waals surface area contributed by atoms with Crippen molar-refractivity contribution >= 4 is 0 Å². The smallest absolute Gasteiger partial charge is 0.0205 e. The van der Waals surface area contributed by atoms with Crippen LogP contribution in [0.2, 0.25) is 0 Å². The van der Waals surface area contributed by atoms with Crippen LogP contribution in [-0.2, 0) is 0 Å². The van der Waals surface area contributed by atoms with Crippen LogP contribution in [0, 0.1) is 5.41 Å². The molecule has 0 bridgehead atoms. The summed E-state index contributed by atoms with van der Waals surface area (Å²) in [6.45, 7) is 9.91. The predicted molar refractivity (Wildman–Crippen MR) is 78.0 cm³/mol. The van der Waals surface area contributed by atoms with Crippen LogP contribution < -0.4 is 11.5 Å². The Morgan fingerprint density at radius 2 is 1.29 bits per heavy atom. The average Bonchev–Trinajstić information content (AvgIpc) is 2.38. The molecular weight excluding hydrogens is 208 g/mol. The Balaban J connectivity index is 4.64. The Morgan fingerprint density at radius 3 is 1.65 bits per heavy atom. The topological polar surface area (TPSA) is 52.0 Å². The first-order chi connectivity index (χ1) is 8.05. The second kappa shape index (κ2) is 8.10. The molecule has 0 saturated heterocycles. The van der Waals surface area contributed by atoms with Gasteiger partial charge in [-0.05, 0) is 50.5 Å². The molecule has 17 heavy (non-hydrogen) atoms. The van der Waals surface area contributed by atoms with Crippen LogP contribution in [0.4, 0.5) is 0 Å². The molecule has 4 N–H and O–H groups in total. The number of hydrogen-bond acceptors (Lipinski definition) is 2. The van der Waals surface area contributed by atoms with Gasteiger partial charge < -0.3 is 11.5 Å². The van der Waals surface area contributed by atoms with Crippen molar-refractivity contribution in [1.82, 2.24) is 0 Å². The molecular formula is C15H34N2. The maximum Gasteiger partial charge on any atom is 0.0205 e. The van der Waals surface area contributed by atoms with Gasteiger partial charge in [-0.2, -0.15) is 0 Å². The highest BCUT2D eigenvalue weighted by Crippen LogP contribution is 2.45. The standard InChI is InChI=1S/C15H34N2/c1-5-14(6-2,12-10-9-11-13-16)15(17,7-3)8-4/h5-13,16-17H2,1-4H3. The van der Waals surface area contributed by atoms with E-state index in [1.165, 1.54) is 32.1 Å². The van der Waals surface area contributed by atoms with E-state index in [4.69, 9.17) is 11.5 Å². The van der Waals surface area contributed by atoms with Crippen LogP contribution in [0.25, 0.3) is 0 Å². The zero-order valence-electron chi connectivity index (χ0n) is 12.5. The third kappa shape index (κ3) is 3.96. The van der Waals surface area contributed by atoms with E-state index in [0.29, 0.717) is 5.41 Å². The van der Waals surface area contributed by atoms with Crippen LogP contribution in [-0.4, -0.2) is 12.1 Å². The van der Waals surface area contributed by atoms with Gasteiger partial charge in [0.05, 0.1) is 0 Å². The Kier molecular flexibility index (Phi) is 8.06. The van der Waals surface area contributed by atoms with Gasteiger partial charge in [0.25, 0.3) is 0 Å². The first-order valence-corrected chi connectivity index (χ1v) is 7.54. The minimum atomic E-state index is 0.0131. The summed E-state index contributed by atoms with van der Waals surface area (Å²) in [5.41, 5.74) is 12.6. The SMILES string of the molecule is CCC(N)(CC)C(CC)(CC)CCCCCN. The summed E-state index contributed by atoms with van der Waals surface area (Å²) in [6, 6.07) is 0. The fraction of sp³-hybridized carbons (Fsp3) is 1.00. The Morgan fingerprint density at radius 1 is 0.765 bits per heavy atom. The van der Waals surface area contributed by atoms with Crippen LogP contribution in [0.1, 0.15) is 79.1 Å². The molecule has 0 heterocycles. The number of nitrogens with two attached hydrogens (primary N) is 2. The summed E-state index contributed by atoms with van der Waals surface area (Å²) < 4.78 is 0. The Hall–Kier alpha value is -0.0800. The van der Waals surface area contributed by atoms with Crippen LogP contribution >= 0.6 is 0 Å². The van der Waals surface area contributed by atoms with Gasteiger partial charge in [0.1, 0.15) is 0 Å².